The van der Waals surface area contributed by atoms with Crippen LogP contribution in [0.2, 0.25) is 0 Å². The molecule has 5 heteroatoms. The highest BCUT2D eigenvalue weighted by Crippen LogP contribution is 2.13. The Kier molecular flexibility index (Phi) is 2.60. The molecule has 0 amide bonds. The molecule has 0 atom stereocenters. The zero-order valence-electron chi connectivity index (χ0n) is 7.38. The fourth-order valence-electron chi connectivity index (χ4n) is 0.977. The molecule has 4 nitrogen and oxygen atoms in total. The summed E-state index contributed by atoms with van der Waals surface area (Å²) in [5.41, 5.74) is 5.41. The summed E-state index contributed by atoms with van der Waals surface area (Å²) < 4.78 is 5.41. The van der Waals surface area contributed by atoms with E-state index in [1.54, 1.807) is 23.6 Å². The highest BCUT2D eigenvalue weighted by molar-refractivity contribution is 7.09. The third-order valence-corrected chi connectivity index (χ3v) is 2.44. The minimum Gasteiger partial charge on any atom is -0.472 e. The molecule has 2 rings (SSSR count). The second kappa shape index (κ2) is 4.06. The van der Waals surface area contributed by atoms with E-state index in [-0.39, 0.29) is 5.95 Å². The molecule has 0 radical (unpaired) electrons. The quantitative estimate of drug-likeness (QED) is 0.832. The van der Waals surface area contributed by atoms with E-state index in [9.17, 15) is 0 Å². The van der Waals surface area contributed by atoms with Crippen LogP contribution in [0.5, 0.6) is 5.88 Å². The van der Waals surface area contributed by atoms with E-state index in [2.05, 4.69) is 9.97 Å². The number of aromatic nitrogens is 2. The van der Waals surface area contributed by atoms with E-state index in [1.165, 1.54) is 0 Å². The van der Waals surface area contributed by atoms with Crippen LogP contribution in [0.15, 0.2) is 29.8 Å². The molecule has 0 saturated heterocycles. The molecule has 14 heavy (non-hydrogen) atoms. The van der Waals surface area contributed by atoms with E-state index in [0.29, 0.717) is 12.5 Å². The molecule has 0 unspecified atom stereocenters. The van der Waals surface area contributed by atoms with Crippen molar-refractivity contribution in [2.24, 2.45) is 0 Å². The predicted molar refractivity (Wildman–Crippen MR) is 55.1 cm³/mol. The first-order valence-corrected chi connectivity index (χ1v) is 4.96. The molecule has 2 aromatic rings. The highest BCUT2D eigenvalue weighted by atomic mass is 32.1. The van der Waals surface area contributed by atoms with Crippen LogP contribution in [0.3, 0.4) is 0 Å². The second-order valence-electron chi connectivity index (χ2n) is 2.62. The Balaban J connectivity index is 1.98. The van der Waals surface area contributed by atoms with Gasteiger partial charge in [-0.15, -0.1) is 11.3 Å². The minimum absolute atomic E-state index is 0.230. The van der Waals surface area contributed by atoms with Crippen LogP contribution in [0.1, 0.15) is 4.88 Å². The SMILES string of the molecule is Nc1nccc(OCc2cccs2)n1. The van der Waals surface area contributed by atoms with Crippen molar-refractivity contribution < 1.29 is 4.74 Å². The first-order chi connectivity index (χ1) is 6.84. The largest absolute Gasteiger partial charge is 0.472 e. The lowest BCUT2D eigenvalue weighted by molar-refractivity contribution is 0.297. The Bertz CT molecular complexity index is 402. The van der Waals surface area contributed by atoms with E-state index in [0.717, 1.165) is 4.88 Å². The zero-order valence-corrected chi connectivity index (χ0v) is 8.20. The Morgan fingerprint density at radius 3 is 3.07 bits per heavy atom. The number of hydrogen-bond acceptors (Lipinski definition) is 5. The van der Waals surface area contributed by atoms with Gasteiger partial charge in [0.1, 0.15) is 6.61 Å². The first kappa shape index (κ1) is 8.96. The standard InChI is InChI=1S/C9H9N3OS/c10-9-11-4-3-8(12-9)13-6-7-2-1-5-14-7/h1-5H,6H2,(H2,10,11,12). The van der Waals surface area contributed by atoms with Gasteiger partial charge in [0.05, 0.1) is 0 Å². The monoisotopic (exact) mass is 207 g/mol. The molecular formula is C9H9N3OS. The number of thiophene rings is 1. The zero-order chi connectivity index (χ0) is 9.80. The van der Waals surface area contributed by atoms with Crippen LogP contribution >= 0.6 is 11.3 Å². The van der Waals surface area contributed by atoms with Gasteiger partial charge in [0, 0.05) is 17.1 Å². The van der Waals surface area contributed by atoms with Gasteiger partial charge in [0.25, 0.3) is 0 Å². The van der Waals surface area contributed by atoms with Crippen molar-refractivity contribution in [2.45, 2.75) is 6.61 Å². The molecule has 0 fully saturated rings. The number of anilines is 1. The average Bonchev–Trinajstić information content (AvgIpc) is 2.67. The molecule has 72 valence electrons. The fraction of sp³-hybridized carbons (Fsp3) is 0.111. The van der Waals surface area contributed by atoms with Gasteiger partial charge < -0.3 is 10.5 Å². The van der Waals surface area contributed by atoms with Crippen LogP contribution in [-0.2, 0) is 6.61 Å². The average molecular weight is 207 g/mol. The Labute approximate surface area is 85.4 Å². The summed E-state index contributed by atoms with van der Waals surface area (Å²) in [6.07, 6.45) is 1.58. The van der Waals surface area contributed by atoms with Crippen molar-refractivity contribution in [3.05, 3.63) is 34.7 Å². The molecule has 0 aromatic carbocycles. The van der Waals surface area contributed by atoms with Gasteiger partial charge in [-0.05, 0) is 11.4 Å². The van der Waals surface area contributed by atoms with Crippen LogP contribution in [0.4, 0.5) is 5.95 Å². The van der Waals surface area contributed by atoms with Crippen molar-refractivity contribution in [3.8, 4) is 5.88 Å². The van der Waals surface area contributed by atoms with Crippen molar-refractivity contribution in [3.63, 3.8) is 0 Å². The van der Waals surface area contributed by atoms with Crippen LogP contribution in [-0.4, -0.2) is 9.97 Å². The number of nitrogens with zero attached hydrogens (tertiary/aromatic N) is 2. The van der Waals surface area contributed by atoms with Crippen molar-refractivity contribution in [1.82, 2.24) is 9.97 Å². The predicted octanol–water partition coefficient (Wildman–Crippen LogP) is 1.70. The summed E-state index contributed by atoms with van der Waals surface area (Å²) in [6.45, 7) is 0.522. The third kappa shape index (κ3) is 2.20. The van der Waals surface area contributed by atoms with Crippen molar-refractivity contribution in [2.75, 3.05) is 5.73 Å². The molecule has 0 saturated carbocycles. The van der Waals surface area contributed by atoms with Gasteiger partial charge in [-0.25, -0.2) is 4.98 Å². The topological polar surface area (TPSA) is 61.0 Å². The van der Waals surface area contributed by atoms with Gasteiger partial charge in [0.2, 0.25) is 11.8 Å². The lowest BCUT2D eigenvalue weighted by atomic mass is 10.5. The molecule has 2 heterocycles. The summed E-state index contributed by atoms with van der Waals surface area (Å²) in [4.78, 5) is 8.85. The van der Waals surface area contributed by atoms with Crippen LogP contribution in [0.25, 0.3) is 0 Å². The Hall–Kier alpha value is -1.62. The molecule has 2 aromatic heterocycles. The molecule has 2 N–H and O–H groups in total. The van der Waals surface area contributed by atoms with Crippen LogP contribution in [0, 0.1) is 0 Å². The lowest BCUT2D eigenvalue weighted by Crippen LogP contribution is -1.99. The van der Waals surface area contributed by atoms with Crippen molar-refractivity contribution in [1.29, 1.82) is 0 Å². The Morgan fingerprint density at radius 2 is 2.36 bits per heavy atom. The molecular weight excluding hydrogens is 198 g/mol. The number of ether oxygens (including phenoxy) is 1. The van der Waals surface area contributed by atoms with Gasteiger partial charge in [-0.2, -0.15) is 4.98 Å². The maximum Gasteiger partial charge on any atom is 0.223 e. The van der Waals surface area contributed by atoms with Gasteiger partial charge in [-0.1, -0.05) is 6.07 Å². The van der Waals surface area contributed by atoms with Gasteiger partial charge >= 0.3 is 0 Å². The first-order valence-electron chi connectivity index (χ1n) is 4.08. The normalized spacial score (nSPS) is 10.0. The molecule has 0 spiro atoms. The fourth-order valence-corrected chi connectivity index (χ4v) is 1.59. The number of hydrogen-bond donors (Lipinski definition) is 1. The maximum atomic E-state index is 5.41. The third-order valence-electron chi connectivity index (χ3n) is 1.59. The summed E-state index contributed by atoms with van der Waals surface area (Å²) >= 11 is 1.65. The number of rotatable bonds is 3. The minimum atomic E-state index is 0.230. The second-order valence-corrected chi connectivity index (χ2v) is 3.65. The van der Waals surface area contributed by atoms with E-state index in [1.807, 2.05) is 17.5 Å². The highest BCUT2D eigenvalue weighted by Gasteiger charge is 1.98. The van der Waals surface area contributed by atoms with Gasteiger partial charge in [-0.3, -0.25) is 0 Å². The van der Waals surface area contributed by atoms with E-state index < -0.39 is 0 Å². The van der Waals surface area contributed by atoms with Crippen molar-refractivity contribution >= 4 is 17.3 Å². The summed E-state index contributed by atoms with van der Waals surface area (Å²) in [7, 11) is 0. The summed E-state index contributed by atoms with van der Waals surface area (Å²) in [5, 5.41) is 2.01. The number of nitrogens with two attached hydrogens (primary N) is 1. The molecule has 0 aliphatic heterocycles. The molecule has 0 aliphatic rings. The Morgan fingerprint density at radius 1 is 1.43 bits per heavy atom. The van der Waals surface area contributed by atoms with Gasteiger partial charge in [0.15, 0.2) is 0 Å². The number of nitrogen functional groups attached to an aromatic ring is 1. The van der Waals surface area contributed by atoms with Crippen LogP contribution < -0.4 is 10.5 Å². The smallest absolute Gasteiger partial charge is 0.223 e. The van der Waals surface area contributed by atoms with E-state index in [4.69, 9.17) is 10.5 Å². The molecule has 0 aliphatic carbocycles. The van der Waals surface area contributed by atoms with E-state index >= 15 is 0 Å². The summed E-state index contributed by atoms with van der Waals surface area (Å²) in [6, 6.07) is 5.68. The summed E-state index contributed by atoms with van der Waals surface area (Å²) in [5.74, 6) is 0.736. The maximum absolute atomic E-state index is 5.41. The molecule has 0 bridgehead atoms. The lowest BCUT2D eigenvalue weighted by Gasteiger charge is -2.02.